The second kappa shape index (κ2) is 5.24. The van der Waals surface area contributed by atoms with E-state index in [9.17, 15) is 18.0 Å². The Morgan fingerprint density at radius 2 is 1.81 bits per heavy atom. The smallest absolute Gasteiger partial charge is 0.410 e. The molecule has 6 heteroatoms. The zero-order valence-corrected chi connectivity index (χ0v) is 12.3. The zero-order valence-electron chi connectivity index (χ0n) is 12.3. The molecule has 1 aromatic carbocycles. The van der Waals surface area contributed by atoms with E-state index >= 15 is 0 Å². The van der Waals surface area contributed by atoms with Crippen LogP contribution in [0.5, 0.6) is 0 Å². The minimum Gasteiger partial charge on any atom is -0.444 e. The lowest BCUT2D eigenvalue weighted by molar-refractivity contribution is -0.127. The second-order valence-electron chi connectivity index (χ2n) is 6.23. The minimum atomic E-state index is -4.22. The fourth-order valence-corrected chi connectivity index (χ4v) is 2.24. The Morgan fingerprint density at radius 3 is 2.38 bits per heavy atom. The van der Waals surface area contributed by atoms with Gasteiger partial charge in [0.1, 0.15) is 5.60 Å². The number of ether oxygens (including phenoxy) is 1. The van der Waals surface area contributed by atoms with Gasteiger partial charge in [0.25, 0.3) is 0 Å². The first-order valence-corrected chi connectivity index (χ1v) is 6.69. The summed E-state index contributed by atoms with van der Waals surface area (Å²) in [6.45, 7) is 5.98. The highest BCUT2D eigenvalue weighted by Crippen LogP contribution is 2.28. The van der Waals surface area contributed by atoms with E-state index in [2.05, 4.69) is 0 Å². The average molecular weight is 301 g/mol. The van der Waals surface area contributed by atoms with Gasteiger partial charge in [0, 0.05) is 13.1 Å². The molecule has 1 aromatic rings. The maximum atomic E-state index is 12.4. The number of rotatable bonds is 1. The summed E-state index contributed by atoms with van der Waals surface area (Å²) in [5.74, 6) is 0. The average Bonchev–Trinajstić information content (AvgIpc) is 2.67. The van der Waals surface area contributed by atoms with Crippen molar-refractivity contribution in [3.8, 4) is 0 Å². The van der Waals surface area contributed by atoms with Crippen molar-refractivity contribution in [2.45, 2.75) is 52.1 Å². The molecule has 1 amide bonds. The molecule has 2 rings (SSSR count). The summed E-state index contributed by atoms with van der Waals surface area (Å²) in [6.07, 6.45) is -5.62. The van der Waals surface area contributed by atoms with Gasteiger partial charge in [0.2, 0.25) is 0 Å². The van der Waals surface area contributed by atoms with Gasteiger partial charge in [-0.3, -0.25) is 4.90 Å². The fourth-order valence-electron chi connectivity index (χ4n) is 2.24. The quantitative estimate of drug-likeness (QED) is 0.783. The van der Waals surface area contributed by atoms with Crippen LogP contribution in [0.15, 0.2) is 18.2 Å². The lowest BCUT2D eigenvalue weighted by Crippen LogP contribution is -2.33. The number of fused-ring (bicyclic) bond motifs is 1. The number of hydrogen-bond acceptors (Lipinski definition) is 2. The van der Waals surface area contributed by atoms with Crippen LogP contribution in [0.1, 0.15) is 37.5 Å². The minimum absolute atomic E-state index is 0.215. The van der Waals surface area contributed by atoms with Crippen molar-refractivity contribution in [3.05, 3.63) is 34.9 Å². The van der Waals surface area contributed by atoms with Crippen molar-refractivity contribution in [2.24, 2.45) is 0 Å². The molecule has 116 valence electrons. The highest BCUT2D eigenvalue weighted by Gasteiger charge is 2.30. The van der Waals surface area contributed by atoms with Crippen LogP contribution in [0.3, 0.4) is 0 Å². The van der Waals surface area contributed by atoms with E-state index in [0.717, 1.165) is 11.1 Å². The number of carbonyl (C=O) groups excluding carboxylic acids is 1. The molecule has 0 spiro atoms. The van der Waals surface area contributed by atoms with Crippen LogP contribution in [-0.2, 0) is 24.2 Å². The number of halogens is 3. The third-order valence-electron chi connectivity index (χ3n) is 3.05. The van der Waals surface area contributed by atoms with Crippen molar-refractivity contribution in [2.75, 3.05) is 0 Å². The van der Waals surface area contributed by atoms with Crippen molar-refractivity contribution in [1.82, 2.24) is 4.90 Å². The largest absolute Gasteiger partial charge is 0.444 e. The topological polar surface area (TPSA) is 29.5 Å². The highest BCUT2D eigenvalue weighted by atomic mass is 19.4. The highest BCUT2D eigenvalue weighted by molar-refractivity contribution is 5.69. The molecule has 1 heterocycles. The monoisotopic (exact) mass is 301 g/mol. The SMILES string of the molecule is CC(C)(C)OC(=O)N1Cc2ccc(CC(F)(F)F)cc2C1. The molecule has 3 nitrogen and oxygen atoms in total. The van der Waals surface area contributed by atoms with Crippen molar-refractivity contribution in [3.63, 3.8) is 0 Å². The Kier molecular flexibility index (Phi) is 3.91. The lowest BCUT2D eigenvalue weighted by Gasteiger charge is -2.24. The van der Waals surface area contributed by atoms with Gasteiger partial charge >= 0.3 is 12.3 Å². The summed E-state index contributed by atoms with van der Waals surface area (Å²) in [5, 5.41) is 0. The van der Waals surface area contributed by atoms with Crippen molar-refractivity contribution in [1.29, 1.82) is 0 Å². The molecule has 0 saturated heterocycles. The first kappa shape index (κ1) is 15.7. The molecule has 0 radical (unpaired) electrons. The molecule has 0 atom stereocenters. The van der Waals surface area contributed by atoms with Crippen molar-refractivity contribution >= 4 is 6.09 Å². The normalized spacial score (nSPS) is 15.0. The Balaban J connectivity index is 2.07. The molecule has 0 bridgehead atoms. The van der Waals surface area contributed by atoms with E-state index in [1.54, 1.807) is 26.8 Å². The van der Waals surface area contributed by atoms with E-state index in [1.165, 1.54) is 17.0 Å². The second-order valence-corrected chi connectivity index (χ2v) is 6.23. The van der Waals surface area contributed by atoms with Crippen LogP contribution in [0.4, 0.5) is 18.0 Å². The Labute approximate surface area is 121 Å². The third-order valence-corrected chi connectivity index (χ3v) is 3.05. The fraction of sp³-hybridized carbons (Fsp3) is 0.533. The number of amides is 1. The van der Waals surface area contributed by atoms with Gasteiger partial charge < -0.3 is 4.74 Å². The van der Waals surface area contributed by atoms with Gasteiger partial charge in [-0.15, -0.1) is 0 Å². The van der Waals surface area contributed by atoms with Crippen LogP contribution >= 0.6 is 0 Å². The molecule has 0 fully saturated rings. The summed E-state index contributed by atoms with van der Waals surface area (Å²) in [5.41, 5.74) is 1.24. The Hall–Kier alpha value is -1.72. The van der Waals surface area contributed by atoms with Crippen LogP contribution in [0, 0.1) is 0 Å². The van der Waals surface area contributed by atoms with E-state index in [0.29, 0.717) is 6.54 Å². The van der Waals surface area contributed by atoms with Crippen LogP contribution in [-0.4, -0.2) is 22.8 Å². The molecular formula is C15H18F3NO2. The molecule has 0 aliphatic carbocycles. The molecule has 1 aliphatic heterocycles. The molecule has 0 N–H and O–H groups in total. The summed E-state index contributed by atoms with van der Waals surface area (Å²) < 4.78 is 42.5. The number of alkyl halides is 3. The predicted molar refractivity (Wildman–Crippen MR) is 71.7 cm³/mol. The lowest BCUT2D eigenvalue weighted by atomic mass is 10.0. The third kappa shape index (κ3) is 4.37. The van der Waals surface area contributed by atoms with Gasteiger partial charge in [0.15, 0.2) is 0 Å². The first-order chi connectivity index (χ1) is 9.53. The molecule has 0 saturated carbocycles. The van der Waals surface area contributed by atoms with Crippen LogP contribution < -0.4 is 0 Å². The summed E-state index contributed by atoms with van der Waals surface area (Å²) >= 11 is 0. The van der Waals surface area contributed by atoms with Crippen LogP contribution in [0.25, 0.3) is 0 Å². The van der Waals surface area contributed by atoms with E-state index < -0.39 is 24.3 Å². The van der Waals surface area contributed by atoms with E-state index in [-0.39, 0.29) is 12.1 Å². The number of carbonyl (C=O) groups is 1. The maximum absolute atomic E-state index is 12.4. The first-order valence-electron chi connectivity index (χ1n) is 6.69. The van der Waals surface area contributed by atoms with Gasteiger partial charge in [-0.25, -0.2) is 4.79 Å². The predicted octanol–water partition coefficient (Wildman–Crippen LogP) is 4.04. The summed E-state index contributed by atoms with van der Waals surface area (Å²) in [6, 6.07) is 4.64. The molecular weight excluding hydrogens is 283 g/mol. The standard InChI is InChI=1S/C15H18F3NO2/c1-14(2,3)21-13(20)19-8-11-5-4-10(6-12(11)9-19)7-15(16,17)18/h4-6H,7-9H2,1-3H3. The molecule has 1 aliphatic rings. The molecule has 0 aromatic heterocycles. The summed E-state index contributed by atoms with van der Waals surface area (Å²) in [4.78, 5) is 13.5. The molecule has 21 heavy (non-hydrogen) atoms. The molecule has 0 unspecified atom stereocenters. The van der Waals surface area contributed by atoms with Crippen LogP contribution in [0.2, 0.25) is 0 Å². The van der Waals surface area contributed by atoms with Gasteiger partial charge in [-0.05, 0) is 37.5 Å². The van der Waals surface area contributed by atoms with Gasteiger partial charge in [-0.1, -0.05) is 18.2 Å². The maximum Gasteiger partial charge on any atom is 0.410 e. The zero-order chi connectivity index (χ0) is 15.8. The Bertz CT molecular complexity index is 547. The van der Waals surface area contributed by atoms with E-state index in [1.807, 2.05) is 0 Å². The number of hydrogen-bond donors (Lipinski definition) is 0. The number of nitrogens with zero attached hydrogens (tertiary/aromatic N) is 1. The van der Waals surface area contributed by atoms with E-state index in [4.69, 9.17) is 4.74 Å². The van der Waals surface area contributed by atoms with Crippen molar-refractivity contribution < 1.29 is 22.7 Å². The Morgan fingerprint density at radius 1 is 1.19 bits per heavy atom. The number of benzene rings is 1. The van der Waals surface area contributed by atoms with Gasteiger partial charge in [0.05, 0.1) is 6.42 Å². The van der Waals surface area contributed by atoms with Gasteiger partial charge in [-0.2, -0.15) is 13.2 Å². The summed E-state index contributed by atoms with van der Waals surface area (Å²) in [7, 11) is 0.